The highest BCUT2D eigenvalue weighted by Gasteiger charge is 2.21. The number of carbonyl (C=O) groups is 3. The fourth-order valence-electron chi connectivity index (χ4n) is 5.53. The van der Waals surface area contributed by atoms with Crippen molar-refractivity contribution in [2.24, 2.45) is 0 Å². The lowest BCUT2D eigenvalue weighted by Gasteiger charge is -2.26. The van der Waals surface area contributed by atoms with Gasteiger partial charge in [-0.05, 0) is 38.5 Å². The standard InChI is InChI=1S/C41H77NO8/c1-6-8-10-12-14-16-17-18-19-20-21-22-24-26-28-30-32-39(44)50-37(36-49-41(40(45)46)47-34-33-42(3,4)5)35-48-38(43)31-29-27-25-23-15-13-11-9-7-2/h19-20,37,41H,6-18,21-36H2,1-5H3/b20-19-. The fourth-order valence-corrected chi connectivity index (χ4v) is 5.53. The van der Waals surface area contributed by atoms with Crippen molar-refractivity contribution in [3.63, 3.8) is 0 Å². The fraction of sp³-hybridized carbons (Fsp3) is 0.878. The second-order valence-corrected chi connectivity index (χ2v) is 14.9. The maximum Gasteiger partial charge on any atom is 0.306 e. The molecule has 0 aliphatic carbocycles. The molecule has 9 heteroatoms. The first-order valence-electron chi connectivity index (χ1n) is 20.3. The quantitative estimate of drug-likeness (QED) is 0.0207. The largest absolute Gasteiger partial charge is 0.545 e. The summed E-state index contributed by atoms with van der Waals surface area (Å²) in [5, 5.41) is 11.6. The number of carboxylic acids is 1. The van der Waals surface area contributed by atoms with E-state index in [0.717, 1.165) is 51.4 Å². The first kappa shape index (κ1) is 48.0. The minimum Gasteiger partial charge on any atom is -0.545 e. The molecule has 9 nitrogen and oxygen atoms in total. The van der Waals surface area contributed by atoms with Gasteiger partial charge in [0.2, 0.25) is 0 Å². The van der Waals surface area contributed by atoms with E-state index in [0.29, 0.717) is 23.9 Å². The smallest absolute Gasteiger partial charge is 0.306 e. The Morgan fingerprint density at radius 3 is 1.48 bits per heavy atom. The number of quaternary nitrogens is 1. The van der Waals surface area contributed by atoms with Gasteiger partial charge in [-0.25, -0.2) is 0 Å². The van der Waals surface area contributed by atoms with E-state index < -0.39 is 24.3 Å². The molecule has 0 aromatic carbocycles. The van der Waals surface area contributed by atoms with Crippen LogP contribution in [0.2, 0.25) is 0 Å². The molecule has 0 fully saturated rings. The summed E-state index contributed by atoms with van der Waals surface area (Å²) < 4.78 is 22.4. The number of aliphatic carboxylic acids is 1. The molecular weight excluding hydrogens is 634 g/mol. The highest BCUT2D eigenvalue weighted by Crippen LogP contribution is 2.13. The zero-order chi connectivity index (χ0) is 37.1. The van der Waals surface area contributed by atoms with Crippen LogP contribution in [0.15, 0.2) is 12.2 Å². The van der Waals surface area contributed by atoms with Gasteiger partial charge in [0.1, 0.15) is 13.2 Å². The molecule has 0 rings (SSSR count). The van der Waals surface area contributed by atoms with Gasteiger partial charge in [0, 0.05) is 12.8 Å². The third-order valence-corrected chi connectivity index (χ3v) is 8.76. The highest BCUT2D eigenvalue weighted by molar-refractivity contribution is 5.70. The van der Waals surface area contributed by atoms with Crippen LogP contribution in [0.5, 0.6) is 0 Å². The third-order valence-electron chi connectivity index (χ3n) is 8.76. The van der Waals surface area contributed by atoms with Crippen LogP contribution in [-0.4, -0.2) is 82.3 Å². The van der Waals surface area contributed by atoms with Gasteiger partial charge in [-0.3, -0.25) is 9.59 Å². The van der Waals surface area contributed by atoms with Gasteiger partial charge < -0.3 is 33.3 Å². The number of hydrogen-bond acceptors (Lipinski definition) is 8. The lowest BCUT2D eigenvalue weighted by Crippen LogP contribution is -2.44. The van der Waals surface area contributed by atoms with E-state index in [1.54, 1.807) is 0 Å². The first-order chi connectivity index (χ1) is 24.1. The van der Waals surface area contributed by atoms with E-state index in [4.69, 9.17) is 18.9 Å². The van der Waals surface area contributed by atoms with Crippen molar-refractivity contribution in [2.45, 2.75) is 187 Å². The van der Waals surface area contributed by atoms with Crippen molar-refractivity contribution in [1.29, 1.82) is 0 Å². The van der Waals surface area contributed by atoms with E-state index in [1.807, 2.05) is 21.1 Å². The van der Waals surface area contributed by atoms with Crippen molar-refractivity contribution in [3.8, 4) is 0 Å². The summed E-state index contributed by atoms with van der Waals surface area (Å²) >= 11 is 0. The number of likely N-dealkylation sites (N-methyl/N-ethyl adjacent to an activating group) is 1. The van der Waals surface area contributed by atoms with Crippen molar-refractivity contribution in [2.75, 3.05) is 47.5 Å². The summed E-state index contributed by atoms with van der Waals surface area (Å²) in [4.78, 5) is 36.7. The summed E-state index contributed by atoms with van der Waals surface area (Å²) in [7, 11) is 5.90. The molecule has 2 unspecified atom stereocenters. The Bertz CT molecular complexity index is 841. The number of rotatable bonds is 37. The SMILES string of the molecule is CCCCCCCCC/C=C\CCCCCCCC(=O)OC(COC(=O)CCCCCCCCCCC)COC(OCC[N+](C)(C)C)C(=O)[O-]. The van der Waals surface area contributed by atoms with Crippen LogP contribution in [0.1, 0.15) is 174 Å². The van der Waals surface area contributed by atoms with Gasteiger partial charge >= 0.3 is 11.9 Å². The van der Waals surface area contributed by atoms with Crippen molar-refractivity contribution in [3.05, 3.63) is 12.2 Å². The van der Waals surface area contributed by atoms with Crippen LogP contribution in [0.25, 0.3) is 0 Å². The number of carbonyl (C=O) groups excluding carboxylic acids is 3. The van der Waals surface area contributed by atoms with Crippen molar-refractivity contribution < 1.29 is 42.9 Å². The van der Waals surface area contributed by atoms with E-state index >= 15 is 0 Å². The lowest BCUT2D eigenvalue weighted by atomic mass is 10.1. The molecule has 0 amide bonds. The topological polar surface area (TPSA) is 111 Å². The summed E-state index contributed by atoms with van der Waals surface area (Å²) in [5.74, 6) is -2.29. The molecule has 0 aromatic heterocycles. The first-order valence-corrected chi connectivity index (χ1v) is 20.3. The monoisotopic (exact) mass is 712 g/mol. The van der Waals surface area contributed by atoms with Gasteiger partial charge in [-0.2, -0.15) is 0 Å². The average Bonchev–Trinajstić information content (AvgIpc) is 3.06. The van der Waals surface area contributed by atoms with Crippen LogP contribution in [0.3, 0.4) is 0 Å². The van der Waals surface area contributed by atoms with Gasteiger partial charge in [0.05, 0.1) is 40.3 Å². The molecule has 0 saturated heterocycles. The van der Waals surface area contributed by atoms with E-state index in [9.17, 15) is 19.5 Å². The number of allylic oxidation sites excluding steroid dienone is 2. The maximum atomic E-state index is 12.7. The summed E-state index contributed by atoms with van der Waals surface area (Å²) in [5.41, 5.74) is 0. The molecule has 0 aliphatic rings. The number of unbranched alkanes of at least 4 members (excludes halogenated alkanes) is 20. The summed E-state index contributed by atoms with van der Waals surface area (Å²) in [6, 6.07) is 0. The Labute approximate surface area is 306 Å². The number of nitrogens with zero attached hydrogens (tertiary/aromatic N) is 1. The van der Waals surface area contributed by atoms with Gasteiger partial charge in [-0.15, -0.1) is 0 Å². The molecule has 0 aliphatic heterocycles. The maximum absolute atomic E-state index is 12.7. The van der Waals surface area contributed by atoms with E-state index in [2.05, 4.69) is 26.0 Å². The van der Waals surface area contributed by atoms with Crippen molar-refractivity contribution >= 4 is 17.9 Å². The van der Waals surface area contributed by atoms with E-state index in [1.165, 1.54) is 89.9 Å². The number of carboxylic acid groups (broad SMARTS) is 1. The predicted octanol–water partition coefficient (Wildman–Crippen LogP) is 8.61. The summed E-state index contributed by atoms with van der Waals surface area (Å²) in [6.45, 7) is 4.70. The summed E-state index contributed by atoms with van der Waals surface area (Å²) in [6.07, 6.45) is 29.6. The molecule has 0 radical (unpaired) electrons. The molecule has 2 atom stereocenters. The Hall–Kier alpha value is -1.97. The Balaban J connectivity index is 4.48. The zero-order valence-corrected chi connectivity index (χ0v) is 33.0. The van der Waals surface area contributed by atoms with Crippen molar-refractivity contribution in [1.82, 2.24) is 0 Å². The Kier molecular flexibility index (Phi) is 32.8. The molecule has 0 aromatic rings. The molecular formula is C41H77NO8. The minimum absolute atomic E-state index is 0.149. The number of hydrogen-bond donors (Lipinski definition) is 0. The van der Waals surface area contributed by atoms with Crippen LogP contribution >= 0.6 is 0 Å². The Morgan fingerprint density at radius 1 is 0.580 bits per heavy atom. The normalized spacial score (nSPS) is 13.1. The molecule has 0 N–H and O–H groups in total. The minimum atomic E-state index is -1.62. The van der Waals surface area contributed by atoms with Crippen LogP contribution in [-0.2, 0) is 33.3 Å². The molecule has 0 bridgehead atoms. The van der Waals surface area contributed by atoms with Crippen LogP contribution in [0, 0.1) is 0 Å². The number of ether oxygens (including phenoxy) is 4. The second-order valence-electron chi connectivity index (χ2n) is 14.9. The van der Waals surface area contributed by atoms with E-state index in [-0.39, 0.29) is 32.2 Å². The zero-order valence-electron chi connectivity index (χ0n) is 33.0. The lowest BCUT2D eigenvalue weighted by molar-refractivity contribution is -0.870. The van der Waals surface area contributed by atoms with Gasteiger partial charge in [-0.1, -0.05) is 135 Å². The van der Waals surface area contributed by atoms with Crippen LogP contribution in [0.4, 0.5) is 0 Å². The molecule has 0 spiro atoms. The molecule has 294 valence electrons. The Morgan fingerprint density at radius 2 is 1.02 bits per heavy atom. The van der Waals surface area contributed by atoms with Gasteiger partial charge in [0.15, 0.2) is 12.4 Å². The van der Waals surface area contributed by atoms with Crippen LogP contribution < -0.4 is 5.11 Å². The average molecular weight is 712 g/mol. The molecule has 0 heterocycles. The molecule has 50 heavy (non-hydrogen) atoms. The number of esters is 2. The second kappa shape index (κ2) is 34.1. The van der Waals surface area contributed by atoms with Gasteiger partial charge in [0.25, 0.3) is 0 Å². The molecule has 0 saturated carbocycles. The predicted molar refractivity (Wildman–Crippen MR) is 200 cm³/mol. The third kappa shape index (κ3) is 34.5. The highest BCUT2D eigenvalue weighted by atomic mass is 16.7.